The van der Waals surface area contributed by atoms with E-state index in [1.165, 1.54) is 12.1 Å². The minimum atomic E-state index is -4.61. The molecular weight excluding hydrogens is 246 g/mol. The normalized spacial score (nSPS) is 11.6. The van der Waals surface area contributed by atoms with Crippen LogP contribution in [0.5, 0.6) is 5.75 Å². The molecule has 0 aromatic heterocycles. The Kier molecular flexibility index (Phi) is 2.56. The molecule has 2 N–H and O–H groups in total. The van der Waals surface area contributed by atoms with E-state index in [4.69, 9.17) is 4.55 Å². The number of nitroso groups, excluding NO2 is 1. The average Bonchev–Trinajstić information content (AvgIpc) is 2.28. The number of benzene rings is 2. The summed E-state index contributed by atoms with van der Waals surface area (Å²) < 4.78 is 31.1. The number of phenols is 1. The molecule has 0 amide bonds. The molecule has 0 saturated heterocycles. The van der Waals surface area contributed by atoms with Crippen molar-refractivity contribution in [2.24, 2.45) is 5.18 Å². The molecule has 17 heavy (non-hydrogen) atoms. The van der Waals surface area contributed by atoms with Gasteiger partial charge in [0, 0.05) is 5.39 Å². The smallest absolute Gasteiger partial charge is 0.296 e. The molecule has 0 fully saturated rings. The Bertz CT molecular complexity index is 708. The summed E-state index contributed by atoms with van der Waals surface area (Å²) in [4.78, 5) is 9.85. The van der Waals surface area contributed by atoms with E-state index in [0.29, 0.717) is 5.39 Å². The fourth-order valence-electron chi connectivity index (χ4n) is 1.58. The molecule has 0 heterocycles. The second-order valence-electron chi connectivity index (χ2n) is 3.36. The van der Waals surface area contributed by atoms with Crippen LogP contribution in [0.2, 0.25) is 0 Å². The maximum Gasteiger partial charge on any atom is 0.296 e. The van der Waals surface area contributed by atoms with Crippen molar-refractivity contribution in [3.05, 3.63) is 35.2 Å². The lowest BCUT2D eigenvalue weighted by molar-refractivity contribution is 0.472. The van der Waals surface area contributed by atoms with Crippen LogP contribution in [-0.2, 0) is 10.1 Å². The highest BCUT2D eigenvalue weighted by atomic mass is 32.2. The van der Waals surface area contributed by atoms with Gasteiger partial charge in [0.25, 0.3) is 10.1 Å². The van der Waals surface area contributed by atoms with Gasteiger partial charge in [-0.1, -0.05) is 24.3 Å². The first-order chi connectivity index (χ1) is 7.95. The number of aromatic hydroxyl groups is 1. The number of fused-ring (bicyclic) bond motifs is 1. The van der Waals surface area contributed by atoms with Gasteiger partial charge in [-0.3, -0.25) is 4.55 Å². The van der Waals surface area contributed by atoms with Crippen LogP contribution in [0.1, 0.15) is 0 Å². The van der Waals surface area contributed by atoms with Gasteiger partial charge in [-0.2, -0.15) is 8.42 Å². The van der Waals surface area contributed by atoms with E-state index < -0.39 is 26.5 Å². The number of hydrogen-bond donors (Lipinski definition) is 2. The molecule has 0 spiro atoms. The van der Waals surface area contributed by atoms with Crippen LogP contribution in [0.25, 0.3) is 10.8 Å². The number of phenolic OH excluding ortho intramolecular Hbond substituents is 1. The highest BCUT2D eigenvalue weighted by Crippen LogP contribution is 2.39. The molecule has 7 heteroatoms. The predicted molar refractivity (Wildman–Crippen MR) is 60.9 cm³/mol. The SMILES string of the molecule is O=Nc1c(S(=O)(=O)O)cc2ccccc2c1O. The number of rotatable bonds is 2. The van der Waals surface area contributed by atoms with Crippen molar-refractivity contribution < 1.29 is 18.1 Å². The number of hydrogen-bond acceptors (Lipinski definition) is 5. The highest BCUT2D eigenvalue weighted by molar-refractivity contribution is 7.86. The Labute approximate surface area is 96.2 Å². The Morgan fingerprint density at radius 3 is 2.41 bits per heavy atom. The van der Waals surface area contributed by atoms with Crippen molar-refractivity contribution in [2.45, 2.75) is 4.90 Å². The van der Waals surface area contributed by atoms with Gasteiger partial charge in [0.15, 0.2) is 11.4 Å². The van der Waals surface area contributed by atoms with Gasteiger partial charge in [-0.05, 0) is 16.6 Å². The van der Waals surface area contributed by atoms with Gasteiger partial charge in [-0.15, -0.1) is 4.91 Å². The lowest BCUT2D eigenvalue weighted by Crippen LogP contribution is -1.98. The van der Waals surface area contributed by atoms with Crippen LogP contribution >= 0.6 is 0 Å². The van der Waals surface area contributed by atoms with Gasteiger partial charge in [0.2, 0.25) is 0 Å². The van der Waals surface area contributed by atoms with Crippen LogP contribution in [0.3, 0.4) is 0 Å². The van der Waals surface area contributed by atoms with Crippen LogP contribution < -0.4 is 0 Å². The van der Waals surface area contributed by atoms with Crippen molar-refractivity contribution >= 4 is 26.6 Å². The third-order valence-electron chi connectivity index (χ3n) is 2.33. The first kappa shape index (κ1) is 11.5. The Balaban J connectivity index is 3.00. The van der Waals surface area contributed by atoms with Crippen molar-refractivity contribution in [3.8, 4) is 5.75 Å². The first-order valence-electron chi connectivity index (χ1n) is 4.50. The fourth-order valence-corrected chi connectivity index (χ4v) is 2.23. The maximum absolute atomic E-state index is 11.1. The van der Waals surface area contributed by atoms with Crippen LogP contribution in [0.15, 0.2) is 40.4 Å². The second kappa shape index (κ2) is 3.79. The van der Waals surface area contributed by atoms with E-state index in [-0.39, 0.29) is 5.39 Å². The van der Waals surface area contributed by atoms with Gasteiger partial charge in [0.05, 0.1) is 0 Å². The molecule has 2 aromatic rings. The van der Waals surface area contributed by atoms with Crippen LogP contribution in [-0.4, -0.2) is 18.1 Å². The average molecular weight is 253 g/mol. The van der Waals surface area contributed by atoms with Gasteiger partial charge in [-0.25, -0.2) is 0 Å². The minimum absolute atomic E-state index is 0.287. The molecule has 2 rings (SSSR count). The van der Waals surface area contributed by atoms with E-state index in [9.17, 15) is 18.4 Å². The van der Waals surface area contributed by atoms with E-state index in [2.05, 4.69) is 5.18 Å². The molecule has 0 aliphatic rings. The summed E-state index contributed by atoms with van der Waals surface area (Å²) in [5.41, 5.74) is -0.689. The second-order valence-corrected chi connectivity index (χ2v) is 4.75. The largest absolute Gasteiger partial charge is 0.505 e. The summed E-state index contributed by atoms with van der Waals surface area (Å²) in [5.74, 6) is -0.564. The van der Waals surface area contributed by atoms with Crippen LogP contribution in [0, 0.1) is 4.91 Å². The zero-order valence-electron chi connectivity index (χ0n) is 8.36. The summed E-state index contributed by atoms with van der Waals surface area (Å²) in [6, 6.07) is 7.37. The van der Waals surface area contributed by atoms with E-state index in [0.717, 1.165) is 6.07 Å². The van der Waals surface area contributed by atoms with Gasteiger partial charge >= 0.3 is 0 Å². The van der Waals surface area contributed by atoms with Crippen molar-refractivity contribution in [1.29, 1.82) is 0 Å². The fraction of sp³-hybridized carbons (Fsp3) is 0. The molecule has 2 aromatic carbocycles. The monoisotopic (exact) mass is 253 g/mol. The molecule has 0 atom stereocenters. The summed E-state index contributed by atoms with van der Waals surface area (Å²) in [6.07, 6.45) is 0. The van der Waals surface area contributed by atoms with Gasteiger partial charge < -0.3 is 5.11 Å². The molecule has 6 nitrogen and oxygen atoms in total. The molecule has 0 unspecified atom stereocenters. The third-order valence-corrected chi connectivity index (χ3v) is 3.20. The van der Waals surface area contributed by atoms with E-state index in [1.54, 1.807) is 12.1 Å². The number of nitrogens with zero attached hydrogens (tertiary/aromatic N) is 1. The first-order valence-corrected chi connectivity index (χ1v) is 5.94. The highest BCUT2D eigenvalue weighted by Gasteiger charge is 2.22. The van der Waals surface area contributed by atoms with Crippen molar-refractivity contribution in [3.63, 3.8) is 0 Å². The molecule has 0 aliphatic carbocycles. The topological polar surface area (TPSA) is 104 Å². The van der Waals surface area contributed by atoms with Crippen molar-refractivity contribution in [1.82, 2.24) is 0 Å². The molecular formula is C10H7NO5S. The van der Waals surface area contributed by atoms with Crippen molar-refractivity contribution in [2.75, 3.05) is 0 Å². The summed E-state index contributed by atoms with van der Waals surface area (Å²) in [6.45, 7) is 0. The lowest BCUT2D eigenvalue weighted by Gasteiger charge is -2.06. The molecule has 88 valence electrons. The van der Waals surface area contributed by atoms with E-state index >= 15 is 0 Å². The molecule has 0 radical (unpaired) electrons. The van der Waals surface area contributed by atoms with Gasteiger partial charge in [0.1, 0.15) is 4.90 Å². The zero-order valence-corrected chi connectivity index (χ0v) is 9.18. The Morgan fingerprint density at radius 2 is 1.82 bits per heavy atom. The van der Waals surface area contributed by atoms with Crippen LogP contribution in [0.4, 0.5) is 5.69 Å². The Morgan fingerprint density at radius 1 is 1.18 bits per heavy atom. The zero-order chi connectivity index (χ0) is 12.6. The summed E-state index contributed by atoms with van der Waals surface area (Å²) >= 11 is 0. The summed E-state index contributed by atoms with van der Waals surface area (Å²) in [7, 11) is -4.61. The molecule has 0 bridgehead atoms. The molecule has 0 aliphatic heterocycles. The molecule has 0 saturated carbocycles. The third kappa shape index (κ3) is 1.85. The maximum atomic E-state index is 11.1. The summed E-state index contributed by atoms with van der Waals surface area (Å²) in [5, 5.41) is 12.8. The predicted octanol–water partition coefficient (Wildman–Crippen LogP) is 2.19. The Hall–Kier alpha value is -1.99. The standard InChI is InChI=1S/C10H7NO5S/c12-10-7-4-2-1-3-6(7)5-8(9(10)11-13)17(14,15)16/h1-5,12H,(H,14,15,16). The quantitative estimate of drug-likeness (QED) is 0.630. The lowest BCUT2D eigenvalue weighted by atomic mass is 10.1. The minimum Gasteiger partial charge on any atom is -0.505 e. The van der Waals surface area contributed by atoms with E-state index in [1.807, 2.05) is 0 Å².